The van der Waals surface area contributed by atoms with E-state index >= 15 is 8.78 Å². The van der Waals surface area contributed by atoms with E-state index in [0.717, 1.165) is 18.9 Å². The molecule has 1 atom stereocenters. The van der Waals surface area contributed by atoms with E-state index in [4.69, 9.17) is 23.2 Å². The third-order valence-electron chi connectivity index (χ3n) is 6.63. The number of carbonyl (C=O) groups excluding carboxylic acids is 1. The van der Waals surface area contributed by atoms with Crippen molar-refractivity contribution in [2.24, 2.45) is 4.99 Å². The molecule has 1 aliphatic carbocycles. The lowest BCUT2D eigenvalue weighted by atomic mass is 9.83. The molecule has 10 heteroatoms. The summed E-state index contributed by atoms with van der Waals surface area (Å²) in [7, 11) is 0. The van der Waals surface area contributed by atoms with Gasteiger partial charge in [0.15, 0.2) is 5.82 Å². The topological polar surface area (TPSA) is 73.2 Å². The van der Waals surface area contributed by atoms with Gasteiger partial charge in [0.25, 0.3) is 0 Å². The molecule has 178 valence electrons. The van der Waals surface area contributed by atoms with E-state index in [1.54, 1.807) is 21.9 Å². The molecule has 0 bridgehead atoms. The number of hydrogen-bond acceptors (Lipinski definition) is 5. The Morgan fingerprint density at radius 2 is 1.85 bits per heavy atom. The van der Waals surface area contributed by atoms with E-state index in [0.29, 0.717) is 36.5 Å². The first-order valence-corrected chi connectivity index (χ1v) is 11.8. The molecule has 0 spiro atoms. The molecule has 0 radical (unpaired) electrons. The quantitative estimate of drug-likeness (QED) is 0.456. The van der Waals surface area contributed by atoms with Crippen LogP contribution in [-0.4, -0.2) is 54.3 Å². The first-order chi connectivity index (χ1) is 16.2. The fraction of sp³-hybridized carbons (Fsp3) is 0.375. The van der Waals surface area contributed by atoms with Crippen molar-refractivity contribution in [2.75, 3.05) is 29.4 Å². The average Bonchev–Trinajstić information content (AvgIpc) is 3.49. The number of ketones is 1. The Morgan fingerprint density at radius 3 is 2.47 bits per heavy atom. The molecule has 2 heterocycles. The summed E-state index contributed by atoms with van der Waals surface area (Å²) in [5.74, 6) is -4.16. The smallest absolute Gasteiger partial charge is 0.341 e. The summed E-state index contributed by atoms with van der Waals surface area (Å²) in [5, 5.41) is 10.8. The van der Waals surface area contributed by atoms with Crippen LogP contribution in [-0.2, 0) is 4.79 Å². The number of benzene rings is 2. The van der Waals surface area contributed by atoms with E-state index in [1.165, 1.54) is 12.3 Å². The van der Waals surface area contributed by atoms with Crippen molar-refractivity contribution in [1.82, 2.24) is 0 Å². The van der Waals surface area contributed by atoms with Gasteiger partial charge in [0, 0.05) is 35.9 Å². The van der Waals surface area contributed by atoms with E-state index < -0.39 is 28.9 Å². The highest BCUT2D eigenvalue weighted by Gasteiger charge is 2.55. The molecule has 1 unspecified atom stereocenters. The van der Waals surface area contributed by atoms with Crippen molar-refractivity contribution in [3.05, 3.63) is 57.1 Å². The number of carbonyl (C=O) groups is 2. The molecule has 34 heavy (non-hydrogen) atoms. The van der Waals surface area contributed by atoms with E-state index in [9.17, 15) is 14.7 Å². The molecule has 1 saturated carbocycles. The Balaban J connectivity index is 1.64. The van der Waals surface area contributed by atoms with Gasteiger partial charge in [-0.1, -0.05) is 29.3 Å². The predicted molar refractivity (Wildman–Crippen MR) is 127 cm³/mol. The first-order valence-electron chi connectivity index (χ1n) is 11.0. The van der Waals surface area contributed by atoms with E-state index in [2.05, 4.69) is 4.99 Å². The second-order valence-electron chi connectivity index (χ2n) is 8.89. The molecular weight excluding hydrogens is 487 g/mol. The number of fused-ring (bicyclic) bond motifs is 1. The minimum atomic E-state index is -2.27. The first kappa shape index (κ1) is 23.1. The highest BCUT2D eigenvalue weighted by atomic mass is 35.5. The van der Waals surface area contributed by atoms with Gasteiger partial charge < -0.3 is 14.9 Å². The Hall–Kier alpha value is -2.71. The Bertz CT molecular complexity index is 1230. The van der Waals surface area contributed by atoms with Gasteiger partial charge in [0.05, 0.1) is 22.8 Å². The molecule has 2 aliphatic heterocycles. The summed E-state index contributed by atoms with van der Waals surface area (Å²) >= 11 is 12.1. The number of halogens is 4. The summed E-state index contributed by atoms with van der Waals surface area (Å²) in [6.07, 6.45) is 4.28. The van der Waals surface area contributed by atoms with Crippen molar-refractivity contribution in [3.8, 4) is 0 Å². The summed E-state index contributed by atoms with van der Waals surface area (Å²) < 4.78 is 30.9. The molecule has 1 N–H and O–H groups in total. The van der Waals surface area contributed by atoms with Crippen LogP contribution in [0.25, 0.3) is 0 Å². The maximum Gasteiger partial charge on any atom is 0.341 e. The zero-order chi connectivity index (χ0) is 24.2. The number of nitrogens with zero attached hydrogens (tertiary/aromatic N) is 3. The van der Waals surface area contributed by atoms with Crippen LogP contribution < -0.4 is 9.80 Å². The molecule has 2 fully saturated rings. The number of carboxylic acid groups (broad SMARTS) is 1. The van der Waals surface area contributed by atoms with Crippen molar-refractivity contribution in [2.45, 2.75) is 37.3 Å². The van der Waals surface area contributed by atoms with Gasteiger partial charge in [0.1, 0.15) is 11.5 Å². The normalized spacial score (nSPS) is 22.5. The van der Waals surface area contributed by atoms with Crippen molar-refractivity contribution < 1.29 is 23.5 Å². The maximum atomic E-state index is 15.8. The molecular formula is C24H21Cl2F2N3O3. The van der Waals surface area contributed by atoms with Crippen LogP contribution in [0, 0.1) is 11.6 Å². The lowest BCUT2D eigenvalue weighted by molar-refractivity contribution is -0.141. The van der Waals surface area contributed by atoms with Gasteiger partial charge in [0.2, 0.25) is 11.3 Å². The van der Waals surface area contributed by atoms with Gasteiger partial charge in [-0.15, -0.1) is 0 Å². The van der Waals surface area contributed by atoms with Crippen molar-refractivity contribution >= 4 is 52.5 Å². The number of aliphatic carboxylic acids is 1. The molecule has 2 aromatic carbocycles. The molecule has 3 aliphatic rings. The van der Waals surface area contributed by atoms with Crippen LogP contribution in [0.4, 0.5) is 20.2 Å². The predicted octanol–water partition coefficient (Wildman–Crippen LogP) is 4.98. The summed E-state index contributed by atoms with van der Waals surface area (Å²) in [6, 6.07) is 5.39. The molecule has 2 aromatic rings. The van der Waals surface area contributed by atoms with Crippen LogP contribution >= 0.6 is 23.2 Å². The third-order valence-corrected chi connectivity index (χ3v) is 7.19. The number of aliphatic imine (C=N–C) groups is 1. The average molecular weight is 508 g/mol. The van der Waals surface area contributed by atoms with Crippen molar-refractivity contribution in [1.29, 1.82) is 0 Å². The number of rotatable bonds is 5. The fourth-order valence-electron chi connectivity index (χ4n) is 4.71. The standard InChI is InChI=1S/C24H21Cl2F2N3O3/c25-14-4-3-13(17(26)9-14)11-29-24(23(33)34)12-31(15-5-6-15)20-16(22(24)32)10-18(27)21(19(20)28)30-7-1-2-8-30/h3-4,9-11,15H,1-2,5-8,12H2,(H,33,34). The Morgan fingerprint density at radius 1 is 1.15 bits per heavy atom. The number of anilines is 2. The van der Waals surface area contributed by atoms with E-state index in [-0.39, 0.29) is 34.5 Å². The number of carboxylic acids is 1. The van der Waals surface area contributed by atoms with Gasteiger partial charge in [-0.05, 0) is 43.9 Å². The van der Waals surface area contributed by atoms with Gasteiger partial charge in [-0.3, -0.25) is 9.79 Å². The second-order valence-corrected chi connectivity index (χ2v) is 9.73. The summed E-state index contributed by atoms with van der Waals surface area (Å²) in [5.41, 5.74) is -2.41. The SMILES string of the molecule is O=C(O)C1(N=Cc2ccc(Cl)cc2Cl)CN(C2CC2)c2c(cc(F)c(N3CCCC3)c2F)C1=O. The Labute approximate surface area is 204 Å². The van der Waals surface area contributed by atoms with Gasteiger partial charge in [-0.2, -0.15) is 0 Å². The lowest BCUT2D eigenvalue weighted by Gasteiger charge is -2.40. The minimum Gasteiger partial charge on any atom is -0.479 e. The van der Waals surface area contributed by atoms with Crippen LogP contribution in [0.1, 0.15) is 41.6 Å². The van der Waals surface area contributed by atoms with Gasteiger partial charge in [-0.25, -0.2) is 13.6 Å². The van der Waals surface area contributed by atoms with Crippen LogP contribution in [0.3, 0.4) is 0 Å². The summed E-state index contributed by atoms with van der Waals surface area (Å²) in [6.45, 7) is 0.687. The zero-order valence-electron chi connectivity index (χ0n) is 18.0. The highest BCUT2D eigenvalue weighted by molar-refractivity contribution is 6.36. The maximum absolute atomic E-state index is 15.8. The largest absolute Gasteiger partial charge is 0.479 e. The van der Waals surface area contributed by atoms with Gasteiger partial charge >= 0.3 is 5.97 Å². The van der Waals surface area contributed by atoms with Crippen LogP contribution in [0.15, 0.2) is 29.3 Å². The number of hydrogen-bond donors (Lipinski definition) is 1. The third kappa shape index (κ3) is 3.73. The monoisotopic (exact) mass is 507 g/mol. The lowest BCUT2D eigenvalue weighted by Crippen LogP contribution is -2.58. The molecule has 1 saturated heterocycles. The van der Waals surface area contributed by atoms with Crippen molar-refractivity contribution in [3.63, 3.8) is 0 Å². The van der Waals surface area contributed by atoms with E-state index in [1.807, 2.05) is 0 Å². The summed E-state index contributed by atoms with van der Waals surface area (Å²) in [4.78, 5) is 33.4. The Kier molecular flexibility index (Phi) is 5.76. The molecule has 0 aromatic heterocycles. The van der Waals surface area contributed by atoms with Crippen LogP contribution in [0.2, 0.25) is 10.0 Å². The minimum absolute atomic E-state index is 0.0348. The van der Waals surface area contributed by atoms with Crippen LogP contribution in [0.5, 0.6) is 0 Å². The highest BCUT2D eigenvalue weighted by Crippen LogP contribution is 2.46. The zero-order valence-corrected chi connectivity index (χ0v) is 19.5. The molecule has 5 rings (SSSR count). The fourth-order valence-corrected chi connectivity index (χ4v) is 5.16. The number of Topliss-reactive ketones (excluding diaryl/α,β-unsaturated/α-hetero) is 1. The second kappa shape index (κ2) is 8.50. The molecule has 6 nitrogen and oxygen atoms in total. The molecule has 0 amide bonds.